The van der Waals surface area contributed by atoms with Gasteiger partial charge >= 0.3 is 44.4 Å². The predicted octanol–water partition coefficient (Wildman–Crippen LogP) is 10.9. The van der Waals surface area contributed by atoms with E-state index < -0.39 is 141 Å². The normalized spacial score (nSPS) is 13.4. The van der Waals surface area contributed by atoms with Crippen molar-refractivity contribution in [3.8, 4) is 44.9 Å². The van der Waals surface area contributed by atoms with Gasteiger partial charge in [0.1, 0.15) is 5.75 Å². The summed E-state index contributed by atoms with van der Waals surface area (Å²) in [6.45, 7) is 0. The summed E-state index contributed by atoms with van der Waals surface area (Å²) in [5.74, 6) is -3.44. The number of aromatic hydroxyl groups is 1. The Kier molecular flexibility index (Phi) is 10.2. The molecule has 0 bridgehead atoms. The van der Waals surface area contributed by atoms with E-state index in [1.165, 1.54) is 0 Å². The van der Waals surface area contributed by atoms with Gasteiger partial charge in [-0.2, -0.15) is 79.0 Å². The highest BCUT2D eigenvalue weighted by Crippen LogP contribution is 2.53. The van der Waals surface area contributed by atoms with Gasteiger partial charge in [0.2, 0.25) is 0 Å². The van der Waals surface area contributed by atoms with Gasteiger partial charge in [0.15, 0.2) is 5.75 Å². The van der Waals surface area contributed by atoms with Gasteiger partial charge < -0.3 is 19.8 Å². The van der Waals surface area contributed by atoms with E-state index in [1.807, 2.05) is 0 Å². The first-order valence-electron chi connectivity index (χ1n) is 13.6. The Morgan fingerprint density at radius 2 is 0.642 bits per heavy atom. The van der Waals surface area contributed by atoms with Gasteiger partial charge in [0, 0.05) is 11.1 Å². The summed E-state index contributed by atoms with van der Waals surface area (Å²) >= 11 is 0. The first-order chi connectivity index (χ1) is 23.8. The van der Waals surface area contributed by atoms with Crippen molar-refractivity contribution in [1.29, 1.82) is 0 Å². The van der Waals surface area contributed by atoms with Gasteiger partial charge in [-0.15, -0.1) is 0 Å². The number of benzene rings is 4. The van der Waals surface area contributed by atoms with Crippen LogP contribution in [0.15, 0.2) is 60.7 Å². The molecule has 4 aromatic rings. The topological polar surface area (TPSA) is 69.9 Å². The molecule has 0 aromatic heterocycles. The summed E-state index contributed by atoms with van der Waals surface area (Å²) in [6, 6.07) is -2.83. The van der Waals surface area contributed by atoms with Crippen molar-refractivity contribution in [2.45, 2.75) is 37.1 Å². The van der Waals surface area contributed by atoms with Crippen LogP contribution < -0.4 is 4.65 Å². The summed E-state index contributed by atoms with van der Waals surface area (Å²) in [6.07, 6.45) is -34.3. The summed E-state index contributed by atoms with van der Waals surface area (Å²) in [4.78, 5) is 0. The molecule has 0 radical (unpaired) electrons. The number of halogens is 18. The van der Waals surface area contributed by atoms with Crippen LogP contribution in [0.2, 0.25) is 0 Å². The summed E-state index contributed by atoms with van der Waals surface area (Å²) in [7, 11) is -3.14. The van der Waals surface area contributed by atoms with E-state index in [1.54, 1.807) is 0 Å². The highest BCUT2D eigenvalue weighted by molar-refractivity contribution is 6.34. The van der Waals surface area contributed by atoms with Gasteiger partial charge in [-0.3, -0.25) is 0 Å². The Labute approximate surface area is 282 Å². The van der Waals surface area contributed by atoms with Crippen LogP contribution in [0.3, 0.4) is 0 Å². The second-order valence-electron chi connectivity index (χ2n) is 10.8. The van der Waals surface area contributed by atoms with E-state index in [4.69, 9.17) is 0 Å². The highest BCUT2D eigenvalue weighted by Gasteiger charge is 2.42. The van der Waals surface area contributed by atoms with E-state index in [2.05, 4.69) is 4.65 Å². The molecule has 0 amide bonds. The van der Waals surface area contributed by atoms with Gasteiger partial charge in [0.25, 0.3) is 0 Å². The molecule has 53 heavy (non-hydrogen) atoms. The zero-order chi connectivity index (χ0) is 40.4. The first-order valence-corrected chi connectivity index (χ1v) is 13.6. The Bertz CT molecular complexity index is 1920. The van der Waals surface area contributed by atoms with Crippen LogP contribution in [-0.2, 0) is 37.1 Å². The molecule has 0 fully saturated rings. The Morgan fingerprint density at radius 1 is 0.377 bits per heavy atom. The number of hydrogen-bond acceptors (Lipinski definition) is 4. The zero-order valence-corrected chi connectivity index (χ0v) is 24.9. The Hall–Kier alpha value is -4.80. The number of phenols is 1. The second-order valence-corrected chi connectivity index (χ2v) is 10.8. The second kappa shape index (κ2) is 13.3. The summed E-state index contributed by atoms with van der Waals surface area (Å²) in [5, 5.41) is 29.8. The maximum absolute atomic E-state index is 13.9. The first kappa shape index (κ1) is 41.0. The Balaban J connectivity index is 2.42. The van der Waals surface area contributed by atoms with Crippen LogP contribution >= 0.6 is 0 Å². The maximum Gasteiger partial charge on any atom is 0.707 e. The molecule has 0 atom stereocenters. The molecule has 0 heterocycles. The average molecular weight is 790 g/mol. The summed E-state index contributed by atoms with van der Waals surface area (Å²) < 4.78 is 254. The molecule has 0 aliphatic heterocycles. The molecular weight excluding hydrogens is 777 g/mol. The maximum atomic E-state index is 13.9. The largest absolute Gasteiger partial charge is 0.707 e. The van der Waals surface area contributed by atoms with E-state index >= 15 is 0 Å². The van der Waals surface area contributed by atoms with Crippen LogP contribution in [0.4, 0.5) is 79.0 Å². The number of phenolic OH excluding ortho intramolecular Hbond substituents is 1. The average Bonchev–Trinajstić information content (AvgIpc) is 2.98. The van der Waals surface area contributed by atoms with Crippen LogP contribution in [0.5, 0.6) is 11.5 Å². The van der Waals surface area contributed by atoms with E-state index in [9.17, 15) is 94.2 Å². The number of hydrogen-bond donors (Lipinski definition) is 3. The molecule has 0 unspecified atom stereocenters. The van der Waals surface area contributed by atoms with Crippen molar-refractivity contribution < 1.29 is 98.8 Å². The third kappa shape index (κ3) is 9.06. The van der Waals surface area contributed by atoms with Gasteiger partial charge in [-0.1, -0.05) is 0 Å². The fraction of sp³-hybridized carbons (Fsp3) is 0.200. The van der Waals surface area contributed by atoms with Crippen molar-refractivity contribution in [3.05, 3.63) is 94.0 Å². The molecule has 23 heteroatoms. The highest BCUT2D eigenvalue weighted by atomic mass is 19.4. The molecular formula is C30H13BF18O4. The zero-order valence-electron chi connectivity index (χ0n) is 24.9. The summed E-state index contributed by atoms with van der Waals surface area (Å²) in [5.41, 5.74) is -22.8. The minimum atomic E-state index is -5.75. The minimum absolute atomic E-state index is 0.0506. The van der Waals surface area contributed by atoms with Crippen LogP contribution in [-0.4, -0.2) is 22.5 Å². The molecule has 286 valence electrons. The molecule has 0 saturated heterocycles. The van der Waals surface area contributed by atoms with Crippen molar-refractivity contribution in [3.63, 3.8) is 0 Å². The molecule has 4 rings (SSSR count). The molecule has 4 aromatic carbocycles. The molecule has 0 spiro atoms. The molecule has 0 aliphatic rings. The van der Waals surface area contributed by atoms with E-state index in [0.717, 1.165) is 0 Å². The monoisotopic (exact) mass is 790 g/mol. The molecule has 3 N–H and O–H groups in total. The van der Waals surface area contributed by atoms with Gasteiger partial charge in [-0.25, -0.2) is 0 Å². The van der Waals surface area contributed by atoms with Crippen LogP contribution in [0.25, 0.3) is 33.4 Å². The third-order valence-electron chi connectivity index (χ3n) is 7.15. The number of alkyl halides is 18. The Morgan fingerprint density at radius 3 is 0.906 bits per heavy atom. The standard InChI is InChI=1S/C30H13BF18O4/c32-25(33,34)14-1-11(2-15(7-14)26(35,36)37)20-10-21(53-31(51)52)24(50)23(13-5-18(29(44,45)46)9-19(6-13)30(47,48)49)22(20)12-3-16(27(38,39)40)8-17(4-12)28(41,42)43/h1-10,50-52H. The third-order valence-corrected chi connectivity index (χ3v) is 7.15. The van der Waals surface area contributed by atoms with Crippen molar-refractivity contribution in [2.24, 2.45) is 0 Å². The van der Waals surface area contributed by atoms with Crippen LogP contribution in [0.1, 0.15) is 33.4 Å². The molecule has 0 saturated carbocycles. The number of rotatable bonds is 5. The van der Waals surface area contributed by atoms with Crippen LogP contribution in [0, 0.1) is 0 Å². The lowest BCUT2D eigenvalue weighted by Gasteiger charge is -2.24. The van der Waals surface area contributed by atoms with Gasteiger partial charge in [-0.05, 0) is 82.9 Å². The van der Waals surface area contributed by atoms with E-state index in [-0.39, 0.29) is 42.5 Å². The predicted molar refractivity (Wildman–Crippen MR) is 145 cm³/mol. The fourth-order valence-electron chi connectivity index (χ4n) is 4.97. The lowest BCUT2D eigenvalue weighted by molar-refractivity contribution is -0.144. The lowest BCUT2D eigenvalue weighted by Crippen LogP contribution is -2.21. The molecule has 0 aliphatic carbocycles. The smallest absolute Gasteiger partial charge is 0.509 e. The van der Waals surface area contributed by atoms with Crippen molar-refractivity contribution in [1.82, 2.24) is 0 Å². The minimum Gasteiger partial charge on any atom is -0.509 e. The van der Waals surface area contributed by atoms with Crippen molar-refractivity contribution >= 4 is 7.32 Å². The lowest BCUT2D eigenvalue weighted by atomic mass is 9.83. The van der Waals surface area contributed by atoms with Gasteiger partial charge in [0.05, 0.1) is 33.4 Å². The quantitative estimate of drug-likeness (QED) is 0.139. The SMILES string of the molecule is OB(O)Oc1cc(-c2cc(C(F)(F)F)cc(C(F)(F)F)c2)c(-c2cc(C(F)(F)F)cc(C(F)(F)F)c2)c(-c2cc(C(F)(F)F)cc(C(F)(F)F)c2)c1O. The fourth-order valence-corrected chi connectivity index (χ4v) is 4.97. The molecule has 4 nitrogen and oxygen atoms in total. The van der Waals surface area contributed by atoms with E-state index in [0.29, 0.717) is 0 Å². The van der Waals surface area contributed by atoms with Crippen molar-refractivity contribution in [2.75, 3.05) is 0 Å².